The van der Waals surface area contributed by atoms with Crippen molar-refractivity contribution < 1.29 is 9.53 Å². The van der Waals surface area contributed by atoms with Gasteiger partial charge in [-0.1, -0.05) is 12.1 Å². The summed E-state index contributed by atoms with van der Waals surface area (Å²) in [6, 6.07) is 8.33. The van der Waals surface area contributed by atoms with Crippen molar-refractivity contribution in [3.05, 3.63) is 29.3 Å². The van der Waals surface area contributed by atoms with Crippen molar-refractivity contribution in [3.8, 4) is 0 Å². The number of nitrogens with zero attached hydrogens (tertiary/aromatic N) is 3. The van der Waals surface area contributed by atoms with Gasteiger partial charge in [-0.15, -0.1) is 11.3 Å². The molecule has 0 saturated carbocycles. The highest BCUT2D eigenvalue weighted by Gasteiger charge is 2.29. The van der Waals surface area contributed by atoms with E-state index in [2.05, 4.69) is 36.9 Å². The lowest BCUT2D eigenvalue weighted by Gasteiger charge is -2.37. The Morgan fingerprint density at radius 2 is 1.88 bits per heavy atom. The number of piperidine rings is 1. The van der Waals surface area contributed by atoms with Crippen LogP contribution in [-0.2, 0) is 9.53 Å². The van der Waals surface area contributed by atoms with E-state index < -0.39 is 0 Å². The molecule has 6 heteroatoms. The predicted molar refractivity (Wildman–Crippen MR) is 105 cm³/mol. The predicted octanol–water partition coefficient (Wildman–Crippen LogP) is 3.11. The molecule has 2 saturated heterocycles. The molecule has 5 nitrogen and oxygen atoms in total. The first-order valence-corrected chi connectivity index (χ1v) is 10.4. The molecule has 0 radical (unpaired) electrons. The van der Waals surface area contributed by atoms with E-state index in [-0.39, 0.29) is 18.1 Å². The van der Waals surface area contributed by atoms with Crippen LogP contribution in [0.15, 0.2) is 24.3 Å². The molecule has 2 aromatic rings. The molecule has 2 aliphatic heterocycles. The summed E-state index contributed by atoms with van der Waals surface area (Å²) in [7, 11) is 0. The molecule has 140 valence electrons. The third-order valence-electron chi connectivity index (χ3n) is 5.36. The van der Waals surface area contributed by atoms with Crippen molar-refractivity contribution in [1.82, 2.24) is 14.8 Å². The van der Waals surface area contributed by atoms with Gasteiger partial charge in [0.2, 0.25) is 5.91 Å². The number of aromatic nitrogens is 1. The van der Waals surface area contributed by atoms with Gasteiger partial charge in [0.1, 0.15) is 0 Å². The molecule has 2 aliphatic rings. The fourth-order valence-electron chi connectivity index (χ4n) is 4.15. The van der Waals surface area contributed by atoms with Crippen LogP contribution in [0, 0.1) is 0 Å². The zero-order valence-electron chi connectivity index (χ0n) is 15.6. The zero-order chi connectivity index (χ0) is 18.1. The van der Waals surface area contributed by atoms with E-state index in [1.807, 2.05) is 11.0 Å². The van der Waals surface area contributed by atoms with Gasteiger partial charge in [0.25, 0.3) is 0 Å². The van der Waals surface area contributed by atoms with Crippen LogP contribution in [0.25, 0.3) is 10.2 Å². The number of fused-ring (bicyclic) bond motifs is 1. The Morgan fingerprint density at radius 3 is 2.58 bits per heavy atom. The minimum absolute atomic E-state index is 0.205. The van der Waals surface area contributed by atoms with Gasteiger partial charge >= 0.3 is 0 Å². The van der Waals surface area contributed by atoms with E-state index in [0.717, 1.165) is 44.5 Å². The number of carbonyl (C=O) groups excluding carboxylic acids is 1. The second kappa shape index (κ2) is 7.62. The summed E-state index contributed by atoms with van der Waals surface area (Å²) >= 11 is 1.81. The minimum Gasteiger partial charge on any atom is -0.373 e. The van der Waals surface area contributed by atoms with E-state index in [9.17, 15) is 4.79 Å². The van der Waals surface area contributed by atoms with Gasteiger partial charge < -0.3 is 9.64 Å². The number of hydrogen-bond donors (Lipinski definition) is 0. The molecule has 0 bridgehead atoms. The summed E-state index contributed by atoms with van der Waals surface area (Å²) in [5.41, 5.74) is 1.10. The Morgan fingerprint density at radius 1 is 1.19 bits per heavy atom. The molecule has 0 spiro atoms. The summed E-state index contributed by atoms with van der Waals surface area (Å²) in [4.78, 5) is 21.8. The molecule has 2 fully saturated rings. The van der Waals surface area contributed by atoms with Crippen LogP contribution in [0.4, 0.5) is 0 Å². The van der Waals surface area contributed by atoms with Crippen LogP contribution in [0.2, 0.25) is 0 Å². The second-order valence-electron chi connectivity index (χ2n) is 7.63. The van der Waals surface area contributed by atoms with Crippen molar-refractivity contribution in [2.45, 2.75) is 44.8 Å². The quantitative estimate of drug-likeness (QED) is 0.829. The first kappa shape index (κ1) is 17.9. The highest BCUT2D eigenvalue weighted by Crippen LogP contribution is 2.33. The van der Waals surface area contributed by atoms with Crippen LogP contribution >= 0.6 is 11.3 Å². The summed E-state index contributed by atoms with van der Waals surface area (Å²) < 4.78 is 7.02. The Hall–Kier alpha value is -1.50. The van der Waals surface area contributed by atoms with Crippen molar-refractivity contribution in [3.63, 3.8) is 0 Å². The number of likely N-dealkylation sites (tertiary alicyclic amines) is 1. The standard InChI is InChI=1S/C20H27N3O2S/c1-14-11-22(12-15(2)25-14)13-19(24)23-9-7-16(8-10-23)20-21-17-5-3-4-6-18(17)26-20/h3-6,14-16H,7-13H2,1-2H3/t14-,15-/m0/s1. The number of benzene rings is 1. The normalized spacial score (nSPS) is 25.7. The molecule has 1 amide bonds. The van der Waals surface area contributed by atoms with E-state index >= 15 is 0 Å². The Labute approximate surface area is 159 Å². The average Bonchev–Trinajstić information content (AvgIpc) is 3.05. The van der Waals surface area contributed by atoms with Gasteiger partial charge in [-0.25, -0.2) is 4.98 Å². The van der Waals surface area contributed by atoms with Crippen molar-refractivity contribution in [1.29, 1.82) is 0 Å². The van der Waals surface area contributed by atoms with Crippen molar-refractivity contribution in [2.24, 2.45) is 0 Å². The third kappa shape index (κ3) is 3.92. The molecule has 0 aliphatic carbocycles. The largest absolute Gasteiger partial charge is 0.373 e. The number of carbonyl (C=O) groups is 1. The number of hydrogen-bond acceptors (Lipinski definition) is 5. The Bertz CT molecular complexity index is 726. The maximum Gasteiger partial charge on any atom is 0.236 e. The maximum atomic E-state index is 12.7. The van der Waals surface area contributed by atoms with E-state index in [4.69, 9.17) is 9.72 Å². The van der Waals surface area contributed by atoms with E-state index in [0.29, 0.717) is 12.5 Å². The zero-order valence-corrected chi connectivity index (χ0v) is 16.4. The third-order valence-corrected chi connectivity index (χ3v) is 6.56. The van der Waals surface area contributed by atoms with E-state index in [1.54, 1.807) is 11.3 Å². The SMILES string of the molecule is C[C@H]1CN(CC(=O)N2CCC(c3nc4ccccc4s3)CC2)C[C@H](C)O1. The molecule has 0 unspecified atom stereocenters. The molecular weight excluding hydrogens is 346 g/mol. The second-order valence-corrected chi connectivity index (χ2v) is 8.69. The lowest BCUT2D eigenvalue weighted by atomic mass is 9.97. The number of rotatable bonds is 3. The van der Waals surface area contributed by atoms with Gasteiger partial charge in [-0.3, -0.25) is 9.69 Å². The van der Waals surface area contributed by atoms with Crippen LogP contribution in [-0.4, -0.2) is 65.6 Å². The first-order valence-electron chi connectivity index (χ1n) is 9.59. The molecule has 4 rings (SSSR count). The van der Waals surface area contributed by atoms with Crippen LogP contribution in [0.5, 0.6) is 0 Å². The fourth-order valence-corrected chi connectivity index (χ4v) is 5.28. The van der Waals surface area contributed by atoms with Gasteiger partial charge in [0.05, 0.1) is 34.0 Å². The van der Waals surface area contributed by atoms with Gasteiger partial charge in [0, 0.05) is 32.1 Å². The average molecular weight is 374 g/mol. The Balaban J connectivity index is 1.32. The topological polar surface area (TPSA) is 45.7 Å². The maximum absolute atomic E-state index is 12.7. The molecule has 2 atom stereocenters. The van der Waals surface area contributed by atoms with Gasteiger partial charge in [0.15, 0.2) is 0 Å². The van der Waals surface area contributed by atoms with Crippen LogP contribution in [0.3, 0.4) is 0 Å². The summed E-state index contributed by atoms with van der Waals surface area (Å²) in [5.74, 6) is 0.744. The molecule has 0 N–H and O–H groups in total. The highest BCUT2D eigenvalue weighted by atomic mass is 32.1. The number of para-hydroxylation sites is 1. The van der Waals surface area contributed by atoms with Gasteiger partial charge in [-0.05, 0) is 38.8 Å². The molecule has 1 aromatic carbocycles. The van der Waals surface area contributed by atoms with Crippen LogP contribution < -0.4 is 0 Å². The first-order chi connectivity index (χ1) is 12.6. The number of amides is 1. The molecule has 1 aromatic heterocycles. The highest BCUT2D eigenvalue weighted by molar-refractivity contribution is 7.18. The molecule has 3 heterocycles. The van der Waals surface area contributed by atoms with Crippen LogP contribution in [0.1, 0.15) is 37.6 Å². The summed E-state index contributed by atoms with van der Waals surface area (Å²) in [6.45, 7) is 8.05. The number of morpholine rings is 1. The van der Waals surface area contributed by atoms with Gasteiger partial charge in [-0.2, -0.15) is 0 Å². The van der Waals surface area contributed by atoms with Crippen molar-refractivity contribution >= 4 is 27.5 Å². The van der Waals surface area contributed by atoms with Crippen molar-refractivity contribution in [2.75, 3.05) is 32.7 Å². The fraction of sp³-hybridized carbons (Fsp3) is 0.600. The molecular formula is C20H27N3O2S. The molecule has 26 heavy (non-hydrogen) atoms. The lowest BCUT2D eigenvalue weighted by Crippen LogP contribution is -2.50. The Kier molecular flexibility index (Phi) is 5.25. The lowest BCUT2D eigenvalue weighted by molar-refractivity contribution is -0.136. The minimum atomic E-state index is 0.205. The number of thiazole rings is 1. The summed E-state index contributed by atoms with van der Waals surface area (Å²) in [5, 5.41) is 1.23. The van der Waals surface area contributed by atoms with E-state index in [1.165, 1.54) is 9.71 Å². The summed E-state index contributed by atoms with van der Waals surface area (Å²) in [6.07, 6.45) is 2.44. The monoisotopic (exact) mass is 373 g/mol. The smallest absolute Gasteiger partial charge is 0.236 e. The number of ether oxygens (including phenoxy) is 1.